The Labute approximate surface area is 87.6 Å². The number of carboxylic acids is 1. The van der Waals surface area contributed by atoms with Gasteiger partial charge in [0.15, 0.2) is 0 Å². The van der Waals surface area contributed by atoms with Crippen LogP contribution in [0.15, 0.2) is 11.4 Å². The van der Waals surface area contributed by atoms with Crippen LogP contribution in [0.4, 0.5) is 0 Å². The summed E-state index contributed by atoms with van der Waals surface area (Å²) in [6.07, 6.45) is 0.124. The molecule has 1 aromatic rings. The Morgan fingerprint density at radius 1 is 1.71 bits per heavy atom. The molecule has 3 nitrogen and oxygen atoms in total. The molecule has 1 rings (SSSR count). The van der Waals surface area contributed by atoms with Gasteiger partial charge in [0.25, 0.3) is 0 Å². The summed E-state index contributed by atoms with van der Waals surface area (Å²) in [5, 5.41) is 10.6. The largest absolute Gasteiger partial charge is 0.481 e. The van der Waals surface area contributed by atoms with E-state index in [2.05, 4.69) is 0 Å². The molecule has 0 aliphatic carbocycles. The lowest BCUT2D eigenvalue weighted by Gasteiger charge is -2.17. The number of nitrogens with two attached hydrogens (primary N) is 1. The molecule has 0 spiro atoms. The van der Waals surface area contributed by atoms with Crippen molar-refractivity contribution >= 4 is 17.3 Å². The predicted octanol–water partition coefficient (Wildman–Crippen LogP) is 2.17. The zero-order valence-corrected chi connectivity index (χ0v) is 9.17. The number of rotatable bonds is 4. The molecule has 2 unspecified atom stereocenters. The Balaban J connectivity index is 2.70. The third-order valence-corrected chi connectivity index (χ3v) is 3.43. The van der Waals surface area contributed by atoms with Crippen LogP contribution >= 0.6 is 11.3 Å². The number of carboxylic acid groups (broad SMARTS) is 1. The van der Waals surface area contributed by atoms with Crippen LogP contribution < -0.4 is 5.73 Å². The van der Waals surface area contributed by atoms with E-state index in [1.54, 1.807) is 11.3 Å². The molecule has 0 radical (unpaired) electrons. The van der Waals surface area contributed by atoms with E-state index in [-0.39, 0.29) is 18.4 Å². The highest BCUT2D eigenvalue weighted by molar-refractivity contribution is 7.10. The molecule has 0 saturated heterocycles. The molecule has 0 aliphatic heterocycles. The zero-order chi connectivity index (χ0) is 10.7. The summed E-state index contributed by atoms with van der Waals surface area (Å²) in [7, 11) is 0. The third kappa shape index (κ3) is 2.56. The first kappa shape index (κ1) is 11.2. The average Bonchev–Trinajstić information content (AvgIpc) is 2.48. The Bertz CT molecular complexity index is 322. The van der Waals surface area contributed by atoms with Crippen LogP contribution in [0.25, 0.3) is 0 Å². The summed E-state index contributed by atoms with van der Waals surface area (Å²) in [6.45, 7) is 3.87. The van der Waals surface area contributed by atoms with Crippen LogP contribution in [0, 0.1) is 12.8 Å². The average molecular weight is 213 g/mol. The van der Waals surface area contributed by atoms with E-state index < -0.39 is 5.97 Å². The Kier molecular flexibility index (Phi) is 3.66. The molecular formula is C10H15NO2S. The third-order valence-electron chi connectivity index (χ3n) is 2.31. The fourth-order valence-electron chi connectivity index (χ4n) is 1.39. The summed E-state index contributed by atoms with van der Waals surface area (Å²) < 4.78 is 0. The second kappa shape index (κ2) is 4.57. The van der Waals surface area contributed by atoms with Crippen molar-refractivity contribution in [2.45, 2.75) is 26.3 Å². The highest BCUT2D eigenvalue weighted by atomic mass is 32.1. The van der Waals surface area contributed by atoms with Crippen molar-refractivity contribution in [3.05, 3.63) is 21.9 Å². The molecule has 1 heterocycles. The van der Waals surface area contributed by atoms with Gasteiger partial charge in [0.2, 0.25) is 0 Å². The molecule has 0 aromatic carbocycles. The van der Waals surface area contributed by atoms with E-state index in [1.165, 1.54) is 0 Å². The van der Waals surface area contributed by atoms with Gasteiger partial charge in [-0.15, -0.1) is 11.3 Å². The lowest BCUT2D eigenvalue weighted by atomic mass is 9.96. The van der Waals surface area contributed by atoms with E-state index in [0.717, 1.165) is 10.4 Å². The number of hydrogen-bond donors (Lipinski definition) is 2. The van der Waals surface area contributed by atoms with Crippen LogP contribution in [-0.4, -0.2) is 11.1 Å². The molecule has 4 heteroatoms. The van der Waals surface area contributed by atoms with Gasteiger partial charge in [-0.2, -0.15) is 0 Å². The van der Waals surface area contributed by atoms with Gasteiger partial charge in [0, 0.05) is 17.3 Å². The van der Waals surface area contributed by atoms with Crippen molar-refractivity contribution in [2.75, 3.05) is 0 Å². The Hall–Kier alpha value is -0.870. The van der Waals surface area contributed by atoms with E-state index in [0.29, 0.717) is 0 Å². The quantitative estimate of drug-likeness (QED) is 0.805. The van der Waals surface area contributed by atoms with Gasteiger partial charge in [-0.25, -0.2) is 0 Å². The summed E-state index contributed by atoms with van der Waals surface area (Å²) in [5.41, 5.74) is 7.13. The van der Waals surface area contributed by atoms with Crippen molar-refractivity contribution in [1.29, 1.82) is 0 Å². The number of thiophene rings is 1. The standard InChI is InChI=1S/C10H15NO2S/c1-6-3-4-14-10(6)9(11)7(2)5-8(12)13/h3-4,7,9H,5,11H2,1-2H3,(H,12,13). The van der Waals surface area contributed by atoms with E-state index in [9.17, 15) is 4.79 Å². The van der Waals surface area contributed by atoms with Crippen molar-refractivity contribution < 1.29 is 9.90 Å². The summed E-state index contributed by atoms with van der Waals surface area (Å²) in [5.74, 6) is -0.813. The first-order chi connectivity index (χ1) is 6.52. The van der Waals surface area contributed by atoms with Gasteiger partial charge >= 0.3 is 5.97 Å². The zero-order valence-electron chi connectivity index (χ0n) is 8.36. The minimum absolute atomic E-state index is 0.0233. The summed E-state index contributed by atoms with van der Waals surface area (Å²) in [6, 6.07) is 1.85. The van der Waals surface area contributed by atoms with E-state index in [4.69, 9.17) is 10.8 Å². The molecule has 78 valence electrons. The molecule has 2 atom stereocenters. The van der Waals surface area contributed by atoms with Gasteiger partial charge in [-0.3, -0.25) is 4.79 Å². The highest BCUT2D eigenvalue weighted by Crippen LogP contribution is 2.28. The van der Waals surface area contributed by atoms with E-state index in [1.807, 2.05) is 25.3 Å². The fourth-order valence-corrected chi connectivity index (χ4v) is 2.45. The van der Waals surface area contributed by atoms with Crippen molar-refractivity contribution in [3.8, 4) is 0 Å². The molecule has 3 N–H and O–H groups in total. The van der Waals surface area contributed by atoms with Gasteiger partial charge in [0.1, 0.15) is 0 Å². The predicted molar refractivity (Wildman–Crippen MR) is 57.4 cm³/mol. The van der Waals surface area contributed by atoms with Crippen molar-refractivity contribution in [3.63, 3.8) is 0 Å². The first-order valence-corrected chi connectivity index (χ1v) is 5.41. The summed E-state index contributed by atoms with van der Waals surface area (Å²) in [4.78, 5) is 11.6. The van der Waals surface area contributed by atoms with Crippen LogP contribution in [0.2, 0.25) is 0 Å². The van der Waals surface area contributed by atoms with Gasteiger partial charge < -0.3 is 10.8 Å². The molecule has 0 amide bonds. The molecule has 1 aromatic heterocycles. The maximum atomic E-state index is 10.5. The Morgan fingerprint density at radius 3 is 2.79 bits per heavy atom. The van der Waals surface area contributed by atoms with Crippen molar-refractivity contribution in [1.82, 2.24) is 0 Å². The van der Waals surface area contributed by atoms with Crippen LogP contribution in [-0.2, 0) is 4.79 Å². The molecular weight excluding hydrogens is 198 g/mol. The minimum Gasteiger partial charge on any atom is -0.481 e. The lowest BCUT2D eigenvalue weighted by Crippen LogP contribution is -2.21. The molecule has 0 saturated carbocycles. The lowest BCUT2D eigenvalue weighted by molar-refractivity contribution is -0.138. The maximum Gasteiger partial charge on any atom is 0.303 e. The monoisotopic (exact) mass is 213 g/mol. The number of aryl methyl sites for hydroxylation is 1. The molecule has 14 heavy (non-hydrogen) atoms. The van der Waals surface area contributed by atoms with Gasteiger partial charge in [-0.1, -0.05) is 6.92 Å². The SMILES string of the molecule is Cc1ccsc1C(N)C(C)CC(=O)O. The second-order valence-corrected chi connectivity index (χ2v) is 4.52. The normalized spacial score (nSPS) is 15.1. The van der Waals surface area contributed by atoms with Crippen LogP contribution in [0.1, 0.15) is 29.8 Å². The van der Waals surface area contributed by atoms with Crippen LogP contribution in [0.3, 0.4) is 0 Å². The molecule has 0 aliphatic rings. The van der Waals surface area contributed by atoms with Crippen molar-refractivity contribution in [2.24, 2.45) is 11.7 Å². The fraction of sp³-hybridized carbons (Fsp3) is 0.500. The molecule has 0 fully saturated rings. The summed E-state index contributed by atoms with van der Waals surface area (Å²) >= 11 is 1.60. The first-order valence-electron chi connectivity index (χ1n) is 4.53. The van der Waals surface area contributed by atoms with E-state index >= 15 is 0 Å². The topological polar surface area (TPSA) is 63.3 Å². The minimum atomic E-state index is -0.790. The highest BCUT2D eigenvalue weighted by Gasteiger charge is 2.19. The number of hydrogen-bond acceptors (Lipinski definition) is 3. The van der Waals surface area contributed by atoms with Crippen LogP contribution in [0.5, 0.6) is 0 Å². The van der Waals surface area contributed by atoms with Gasteiger partial charge in [-0.05, 0) is 29.9 Å². The maximum absolute atomic E-state index is 10.5. The molecule has 0 bridgehead atoms. The number of aliphatic carboxylic acids is 1. The number of carbonyl (C=O) groups is 1. The second-order valence-electron chi connectivity index (χ2n) is 3.57. The van der Waals surface area contributed by atoms with Gasteiger partial charge in [0.05, 0.1) is 0 Å². The smallest absolute Gasteiger partial charge is 0.303 e. The Morgan fingerprint density at radius 2 is 2.36 bits per heavy atom.